The van der Waals surface area contributed by atoms with Gasteiger partial charge in [-0.15, -0.1) is 0 Å². The largest absolute Gasteiger partial charge is 0.394 e. The van der Waals surface area contributed by atoms with E-state index < -0.39 is 12.1 Å². The second-order valence-corrected chi connectivity index (χ2v) is 16.2. The van der Waals surface area contributed by atoms with E-state index in [0.29, 0.717) is 12.8 Å². The minimum absolute atomic E-state index is 0.0358. The van der Waals surface area contributed by atoms with Crippen molar-refractivity contribution in [3.05, 3.63) is 12.2 Å². The van der Waals surface area contributed by atoms with Gasteiger partial charge in [0.05, 0.1) is 18.8 Å². The summed E-state index contributed by atoms with van der Waals surface area (Å²) in [6.45, 7) is 4.38. The van der Waals surface area contributed by atoms with E-state index >= 15 is 0 Å². The first-order valence-corrected chi connectivity index (χ1v) is 23.4. The van der Waals surface area contributed by atoms with E-state index in [4.69, 9.17) is 0 Å². The molecule has 0 fully saturated rings. The minimum atomic E-state index is -0.660. The lowest BCUT2D eigenvalue weighted by molar-refractivity contribution is -0.123. The molecule has 0 radical (unpaired) electrons. The Balaban J connectivity index is 3.48. The third-order valence-corrected chi connectivity index (χ3v) is 11.0. The van der Waals surface area contributed by atoms with Crippen molar-refractivity contribution in [3.8, 4) is 0 Å². The van der Waals surface area contributed by atoms with E-state index in [2.05, 4.69) is 31.3 Å². The number of hydrogen-bond donors (Lipinski definition) is 3. The summed E-state index contributed by atoms with van der Waals surface area (Å²) in [7, 11) is 0. The van der Waals surface area contributed by atoms with Crippen LogP contribution in [0, 0.1) is 0 Å². The molecule has 0 aromatic heterocycles. The summed E-state index contributed by atoms with van der Waals surface area (Å²) < 4.78 is 0. The van der Waals surface area contributed by atoms with Crippen LogP contribution in [0.3, 0.4) is 0 Å². The second kappa shape index (κ2) is 43.5. The first-order valence-electron chi connectivity index (χ1n) is 23.4. The molecule has 2 atom stereocenters. The number of aliphatic hydroxyl groups excluding tert-OH is 2. The highest BCUT2D eigenvalue weighted by Gasteiger charge is 2.20. The molecule has 0 bridgehead atoms. The average Bonchev–Trinajstić information content (AvgIpc) is 3.13. The fourth-order valence-electron chi connectivity index (χ4n) is 7.42. The standard InChI is InChI=1S/C47H93NO3/c1-3-5-7-9-11-13-15-17-19-21-23-24-25-26-28-30-32-34-36-38-40-42-46(50)45(44-49)48-47(51)43-41-39-37-35-33-31-29-27-22-20-18-16-14-12-10-8-6-4-2/h27,29,45-46,49-50H,3-26,28,30-44H2,1-2H3,(H,48,51)/b29-27-. The molecule has 0 saturated carbocycles. The van der Waals surface area contributed by atoms with Crippen molar-refractivity contribution in [2.75, 3.05) is 6.61 Å². The van der Waals surface area contributed by atoms with Crippen LogP contribution in [0.4, 0.5) is 0 Å². The first kappa shape index (κ1) is 50.1. The third-order valence-electron chi connectivity index (χ3n) is 11.0. The average molecular weight is 720 g/mol. The van der Waals surface area contributed by atoms with Gasteiger partial charge in [0.25, 0.3) is 0 Å². The summed E-state index contributed by atoms with van der Waals surface area (Å²) in [5, 5.41) is 23.2. The van der Waals surface area contributed by atoms with Crippen LogP contribution in [-0.4, -0.2) is 34.9 Å². The molecule has 0 aliphatic heterocycles. The molecule has 0 spiro atoms. The summed E-state index contributed by atoms with van der Waals surface area (Å²) in [4.78, 5) is 12.4. The van der Waals surface area contributed by atoms with Crippen LogP contribution in [0.15, 0.2) is 12.2 Å². The third kappa shape index (κ3) is 40.2. The molecular weight excluding hydrogens is 627 g/mol. The van der Waals surface area contributed by atoms with Gasteiger partial charge in [0, 0.05) is 6.42 Å². The zero-order valence-electron chi connectivity index (χ0n) is 34.9. The summed E-state index contributed by atoms with van der Waals surface area (Å²) in [5.74, 6) is -0.0358. The van der Waals surface area contributed by atoms with Gasteiger partial charge in [-0.05, 0) is 38.5 Å². The zero-order valence-corrected chi connectivity index (χ0v) is 34.9. The van der Waals surface area contributed by atoms with Crippen LogP contribution in [0.1, 0.15) is 264 Å². The molecule has 304 valence electrons. The summed E-state index contributed by atoms with van der Waals surface area (Å²) in [6.07, 6.45) is 54.4. The molecule has 0 aromatic carbocycles. The van der Waals surface area contributed by atoms with Crippen molar-refractivity contribution in [1.29, 1.82) is 0 Å². The molecule has 0 aromatic rings. The monoisotopic (exact) mass is 720 g/mol. The van der Waals surface area contributed by atoms with Crippen molar-refractivity contribution in [2.45, 2.75) is 276 Å². The van der Waals surface area contributed by atoms with Crippen molar-refractivity contribution in [1.82, 2.24) is 5.32 Å². The number of unbranched alkanes of at least 4 members (excludes halogenated alkanes) is 34. The Morgan fingerprint density at radius 1 is 0.451 bits per heavy atom. The quantitative estimate of drug-likeness (QED) is 0.0434. The Kier molecular flexibility index (Phi) is 42.8. The van der Waals surface area contributed by atoms with Gasteiger partial charge in [-0.2, -0.15) is 0 Å². The highest BCUT2D eigenvalue weighted by Crippen LogP contribution is 2.17. The van der Waals surface area contributed by atoms with Crippen molar-refractivity contribution < 1.29 is 15.0 Å². The molecule has 0 rings (SSSR count). The molecule has 3 N–H and O–H groups in total. The molecule has 4 nitrogen and oxygen atoms in total. The van der Waals surface area contributed by atoms with Gasteiger partial charge in [0.15, 0.2) is 0 Å². The van der Waals surface area contributed by atoms with Gasteiger partial charge in [-0.3, -0.25) is 4.79 Å². The minimum Gasteiger partial charge on any atom is -0.394 e. The van der Waals surface area contributed by atoms with Crippen LogP contribution < -0.4 is 5.32 Å². The van der Waals surface area contributed by atoms with Gasteiger partial charge in [0.1, 0.15) is 0 Å². The number of carbonyl (C=O) groups excluding carboxylic acids is 1. The molecule has 0 aliphatic rings. The smallest absolute Gasteiger partial charge is 0.220 e. The topological polar surface area (TPSA) is 69.6 Å². The number of carbonyl (C=O) groups is 1. The van der Waals surface area contributed by atoms with E-state index in [9.17, 15) is 15.0 Å². The lowest BCUT2D eigenvalue weighted by Crippen LogP contribution is -2.45. The maximum atomic E-state index is 12.4. The molecule has 0 saturated heterocycles. The van der Waals surface area contributed by atoms with Gasteiger partial charge < -0.3 is 15.5 Å². The second-order valence-electron chi connectivity index (χ2n) is 16.2. The van der Waals surface area contributed by atoms with Gasteiger partial charge >= 0.3 is 0 Å². The number of hydrogen-bond acceptors (Lipinski definition) is 3. The fourth-order valence-corrected chi connectivity index (χ4v) is 7.42. The van der Waals surface area contributed by atoms with Crippen molar-refractivity contribution in [3.63, 3.8) is 0 Å². The lowest BCUT2D eigenvalue weighted by atomic mass is 10.0. The lowest BCUT2D eigenvalue weighted by Gasteiger charge is -2.22. The normalized spacial score (nSPS) is 12.9. The summed E-state index contributed by atoms with van der Waals surface area (Å²) >= 11 is 0. The Bertz CT molecular complexity index is 695. The van der Waals surface area contributed by atoms with Crippen molar-refractivity contribution >= 4 is 5.91 Å². The number of aliphatic hydroxyl groups is 2. The van der Waals surface area contributed by atoms with Gasteiger partial charge in [0.2, 0.25) is 5.91 Å². The Labute approximate surface area is 320 Å². The van der Waals surface area contributed by atoms with Crippen LogP contribution in [0.5, 0.6) is 0 Å². The molecule has 4 heteroatoms. The maximum absolute atomic E-state index is 12.4. The number of rotatable bonds is 43. The fraction of sp³-hybridized carbons (Fsp3) is 0.936. The van der Waals surface area contributed by atoms with Gasteiger partial charge in [-0.1, -0.05) is 231 Å². The van der Waals surface area contributed by atoms with Crippen molar-refractivity contribution in [2.24, 2.45) is 0 Å². The van der Waals surface area contributed by atoms with E-state index in [1.54, 1.807) is 0 Å². The summed E-state index contributed by atoms with van der Waals surface area (Å²) in [6, 6.07) is -0.537. The molecule has 0 aliphatic carbocycles. The predicted octanol–water partition coefficient (Wildman–Crippen LogP) is 14.6. The number of amides is 1. The maximum Gasteiger partial charge on any atom is 0.220 e. The predicted molar refractivity (Wildman–Crippen MR) is 226 cm³/mol. The van der Waals surface area contributed by atoms with E-state index in [1.807, 2.05) is 0 Å². The molecule has 1 amide bonds. The van der Waals surface area contributed by atoms with Crippen LogP contribution in [0.25, 0.3) is 0 Å². The van der Waals surface area contributed by atoms with Gasteiger partial charge in [-0.25, -0.2) is 0 Å². The van der Waals surface area contributed by atoms with Crippen LogP contribution in [0.2, 0.25) is 0 Å². The zero-order chi connectivity index (χ0) is 37.1. The van der Waals surface area contributed by atoms with E-state index in [-0.39, 0.29) is 12.5 Å². The van der Waals surface area contributed by atoms with E-state index in [1.165, 1.54) is 212 Å². The summed E-state index contributed by atoms with van der Waals surface area (Å²) in [5.41, 5.74) is 0. The first-order chi connectivity index (χ1) is 25.2. The molecule has 2 unspecified atom stereocenters. The molecule has 0 heterocycles. The van der Waals surface area contributed by atoms with Crippen LogP contribution >= 0.6 is 0 Å². The Morgan fingerprint density at radius 3 is 1.08 bits per heavy atom. The highest BCUT2D eigenvalue weighted by atomic mass is 16.3. The molecular formula is C47H93NO3. The highest BCUT2D eigenvalue weighted by molar-refractivity contribution is 5.76. The number of allylic oxidation sites excluding steroid dienone is 2. The molecule has 51 heavy (non-hydrogen) atoms. The number of nitrogens with one attached hydrogen (secondary N) is 1. The Morgan fingerprint density at radius 2 is 0.745 bits per heavy atom. The van der Waals surface area contributed by atoms with Crippen LogP contribution in [-0.2, 0) is 4.79 Å². The Hall–Kier alpha value is -0.870. The van der Waals surface area contributed by atoms with E-state index in [0.717, 1.165) is 25.7 Å². The SMILES string of the molecule is CCCCCCCCCCC/C=C\CCCCCCCC(=O)NC(CO)C(O)CCCCCCCCCCCCCCCCCCCCCCC.